The highest BCUT2D eigenvalue weighted by atomic mass is 32.1. The molecule has 1 aliphatic heterocycles. The van der Waals surface area contributed by atoms with E-state index in [0.717, 1.165) is 24.3 Å². The summed E-state index contributed by atoms with van der Waals surface area (Å²) in [5, 5.41) is 12.5. The Labute approximate surface area is 151 Å². The molecule has 0 saturated carbocycles. The van der Waals surface area contributed by atoms with Gasteiger partial charge in [-0.2, -0.15) is 0 Å². The molecule has 0 spiro atoms. The fraction of sp³-hybridized carbons (Fsp3) is 0.500. The zero-order valence-electron chi connectivity index (χ0n) is 14.5. The number of halogens is 1. The van der Waals surface area contributed by atoms with Gasteiger partial charge in [0.05, 0.1) is 0 Å². The van der Waals surface area contributed by atoms with Crippen LogP contribution in [0.2, 0.25) is 0 Å². The van der Waals surface area contributed by atoms with Gasteiger partial charge in [-0.15, -0.1) is 10.2 Å². The molecule has 0 unspecified atom stereocenters. The van der Waals surface area contributed by atoms with E-state index in [-0.39, 0.29) is 17.8 Å². The van der Waals surface area contributed by atoms with E-state index in [1.54, 1.807) is 17.0 Å². The summed E-state index contributed by atoms with van der Waals surface area (Å²) in [5.74, 6) is 0.195. The van der Waals surface area contributed by atoms with E-state index in [4.69, 9.17) is 0 Å². The minimum absolute atomic E-state index is 0.0431. The maximum Gasteiger partial charge on any atom is 0.323 e. The number of urea groups is 1. The predicted molar refractivity (Wildman–Crippen MR) is 97.6 cm³/mol. The van der Waals surface area contributed by atoms with Crippen LogP contribution in [-0.4, -0.2) is 34.2 Å². The van der Waals surface area contributed by atoms with E-state index in [0.29, 0.717) is 29.7 Å². The molecular formula is C18H23FN4OS. The summed E-state index contributed by atoms with van der Waals surface area (Å²) >= 11 is 1.43. The number of carbonyl (C=O) groups is 1. The second-order valence-corrected chi connectivity index (χ2v) is 7.53. The van der Waals surface area contributed by atoms with Crippen LogP contribution >= 0.6 is 11.3 Å². The van der Waals surface area contributed by atoms with Gasteiger partial charge in [0.2, 0.25) is 5.13 Å². The molecule has 2 amide bonds. The molecule has 0 radical (unpaired) electrons. The van der Waals surface area contributed by atoms with Gasteiger partial charge in [-0.1, -0.05) is 49.8 Å². The second-order valence-electron chi connectivity index (χ2n) is 6.52. The minimum Gasteiger partial charge on any atom is -0.324 e. The molecule has 134 valence electrons. The number of carbonyl (C=O) groups excluding carboxylic acids is 1. The van der Waals surface area contributed by atoms with Gasteiger partial charge in [0.25, 0.3) is 0 Å². The molecule has 5 nitrogen and oxygen atoms in total. The number of likely N-dealkylation sites (tertiary alicyclic amines) is 1. The van der Waals surface area contributed by atoms with Gasteiger partial charge in [0.1, 0.15) is 10.8 Å². The minimum atomic E-state index is -0.201. The van der Waals surface area contributed by atoms with Gasteiger partial charge in [0, 0.05) is 24.9 Å². The van der Waals surface area contributed by atoms with Crippen molar-refractivity contribution in [2.24, 2.45) is 0 Å². The summed E-state index contributed by atoms with van der Waals surface area (Å²) in [6.07, 6.45) is 2.91. The van der Waals surface area contributed by atoms with Crippen molar-refractivity contribution >= 4 is 22.5 Å². The fourth-order valence-corrected chi connectivity index (χ4v) is 4.03. The van der Waals surface area contributed by atoms with Gasteiger partial charge in [0.15, 0.2) is 0 Å². The Morgan fingerprint density at radius 1 is 1.44 bits per heavy atom. The Kier molecular flexibility index (Phi) is 5.63. The Bertz CT molecular complexity index is 735. The molecule has 25 heavy (non-hydrogen) atoms. The van der Waals surface area contributed by atoms with Crippen LogP contribution in [0.3, 0.4) is 0 Å². The van der Waals surface area contributed by atoms with Crippen molar-refractivity contribution in [1.29, 1.82) is 0 Å². The molecule has 2 atom stereocenters. The third kappa shape index (κ3) is 4.15. The summed E-state index contributed by atoms with van der Waals surface area (Å²) in [7, 11) is 0. The number of nitrogens with one attached hydrogen (secondary N) is 1. The van der Waals surface area contributed by atoms with Crippen LogP contribution in [0.25, 0.3) is 0 Å². The van der Waals surface area contributed by atoms with Crippen molar-refractivity contribution in [3.63, 3.8) is 0 Å². The van der Waals surface area contributed by atoms with Gasteiger partial charge in [-0.3, -0.25) is 5.32 Å². The normalized spacial score (nSPS) is 18.4. The van der Waals surface area contributed by atoms with Crippen LogP contribution in [-0.2, 0) is 0 Å². The molecule has 0 bridgehead atoms. The zero-order valence-corrected chi connectivity index (χ0v) is 15.4. The number of rotatable bonds is 5. The highest BCUT2D eigenvalue weighted by Crippen LogP contribution is 2.30. The Hall–Kier alpha value is -2.02. The van der Waals surface area contributed by atoms with Crippen LogP contribution in [0.1, 0.15) is 55.5 Å². The summed E-state index contributed by atoms with van der Waals surface area (Å²) in [6.45, 7) is 5.39. The maximum atomic E-state index is 13.9. The second kappa shape index (κ2) is 7.91. The van der Waals surface area contributed by atoms with Gasteiger partial charge in [-0.25, -0.2) is 9.18 Å². The van der Waals surface area contributed by atoms with Crippen LogP contribution in [0.5, 0.6) is 0 Å². The molecule has 1 aliphatic rings. The van der Waals surface area contributed by atoms with Crippen molar-refractivity contribution in [3.8, 4) is 0 Å². The summed E-state index contributed by atoms with van der Waals surface area (Å²) in [6, 6.07) is 6.60. The lowest BCUT2D eigenvalue weighted by atomic mass is 9.98. The highest BCUT2D eigenvalue weighted by molar-refractivity contribution is 7.15. The molecule has 2 heterocycles. The van der Waals surface area contributed by atoms with E-state index < -0.39 is 0 Å². The SMILES string of the molecule is CCC[C@@H](C)c1nnc(NC(=O)N2CC[C@@H](c3ccccc3F)C2)s1. The third-order valence-corrected chi connectivity index (χ3v) is 5.69. The van der Waals surface area contributed by atoms with E-state index in [1.807, 2.05) is 6.07 Å². The van der Waals surface area contributed by atoms with E-state index in [2.05, 4.69) is 29.4 Å². The standard InChI is InChI=1S/C18H23FN4OS/c1-3-6-12(2)16-21-22-17(25-16)20-18(24)23-10-9-13(11-23)14-7-4-5-8-15(14)19/h4-5,7-8,12-13H,3,6,9-11H2,1-2H3,(H,20,22,24)/t12-,13-/m1/s1. The first kappa shape index (κ1) is 17.8. The van der Waals surface area contributed by atoms with Crippen molar-refractivity contribution in [1.82, 2.24) is 15.1 Å². The van der Waals surface area contributed by atoms with Crippen LogP contribution in [0.4, 0.5) is 14.3 Å². The first-order valence-corrected chi connectivity index (χ1v) is 9.54. The molecule has 3 rings (SSSR count). The Morgan fingerprint density at radius 2 is 2.24 bits per heavy atom. The number of hydrogen-bond acceptors (Lipinski definition) is 4. The van der Waals surface area contributed by atoms with Crippen LogP contribution in [0.15, 0.2) is 24.3 Å². The average molecular weight is 362 g/mol. The number of benzene rings is 1. The molecule has 1 aromatic heterocycles. The molecule has 0 aliphatic carbocycles. The van der Waals surface area contributed by atoms with Crippen LogP contribution in [0, 0.1) is 5.82 Å². The predicted octanol–water partition coefficient (Wildman–Crippen LogP) is 4.60. The van der Waals surface area contributed by atoms with E-state index in [9.17, 15) is 9.18 Å². The smallest absolute Gasteiger partial charge is 0.323 e. The summed E-state index contributed by atoms with van der Waals surface area (Å²) in [5.41, 5.74) is 0.685. The third-order valence-electron chi connectivity index (χ3n) is 4.62. The Morgan fingerprint density at radius 3 is 3.00 bits per heavy atom. The molecule has 1 fully saturated rings. The molecule has 7 heteroatoms. The summed E-state index contributed by atoms with van der Waals surface area (Å²) < 4.78 is 13.9. The molecular weight excluding hydrogens is 339 g/mol. The van der Waals surface area contributed by atoms with Crippen LogP contribution < -0.4 is 5.32 Å². The van der Waals surface area contributed by atoms with E-state index in [1.165, 1.54) is 17.4 Å². The van der Waals surface area contributed by atoms with E-state index >= 15 is 0 Å². The number of amides is 2. The van der Waals surface area contributed by atoms with Gasteiger partial charge < -0.3 is 4.90 Å². The van der Waals surface area contributed by atoms with Crippen molar-refractivity contribution < 1.29 is 9.18 Å². The molecule has 1 N–H and O–H groups in total. The lowest BCUT2D eigenvalue weighted by Crippen LogP contribution is -2.32. The first-order chi connectivity index (χ1) is 12.1. The maximum absolute atomic E-state index is 13.9. The largest absolute Gasteiger partial charge is 0.324 e. The fourth-order valence-electron chi connectivity index (χ4n) is 3.22. The topological polar surface area (TPSA) is 58.1 Å². The number of nitrogens with zero attached hydrogens (tertiary/aromatic N) is 3. The molecule has 1 aromatic carbocycles. The first-order valence-electron chi connectivity index (χ1n) is 8.72. The number of aromatic nitrogens is 2. The van der Waals surface area contributed by atoms with Crippen molar-refractivity contribution in [2.45, 2.75) is 44.9 Å². The van der Waals surface area contributed by atoms with Crippen molar-refractivity contribution in [3.05, 3.63) is 40.7 Å². The summed E-state index contributed by atoms with van der Waals surface area (Å²) in [4.78, 5) is 14.2. The quantitative estimate of drug-likeness (QED) is 0.845. The molecule has 2 aromatic rings. The van der Waals surface area contributed by atoms with Gasteiger partial charge >= 0.3 is 6.03 Å². The Balaban J connectivity index is 1.59. The highest BCUT2D eigenvalue weighted by Gasteiger charge is 2.29. The molecule has 1 saturated heterocycles. The number of anilines is 1. The monoisotopic (exact) mass is 362 g/mol. The number of hydrogen-bond donors (Lipinski definition) is 1. The average Bonchev–Trinajstić information content (AvgIpc) is 3.25. The van der Waals surface area contributed by atoms with Crippen molar-refractivity contribution in [2.75, 3.05) is 18.4 Å². The lowest BCUT2D eigenvalue weighted by Gasteiger charge is -2.16. The van der Waals surface area contributed by atoms with Gasteiger partial charge in [-0.05, 0) is 24.5 Å². The lowest BCUT2D eigenvalue weighted by molar-refractivity contribution is 0.222. The zero-order chi connectivity index (χ0) is 17.8.